The second-order valence-electron chi connectivity index (χ2n) is 5.10. The molecule has 0 rings (SSSR count). The molecule has 1 atom stereocenters. The minimum Gasteiger partial charge on any atom is -0.444 e. The molecule has 0 aliphatic rings. The van der Waals surface area contributed by atoms with Gasteiger partial charge >= 0.3 is 6.09 Å². The Hall–Kier alpha value is -1.42. The van der Waals surface area contributed by atoms with Gasteiger partial charge in [-0.05, 0) is 39.1 Å². The molecule has 0 aromatic rings. The van der Waals surface area contributed by atoms with E-state index in [9.17, 15) is 4.79 Å². The molecular formula is C11H22N4O2. The van der Waals surface area contributed by atoms with Crippen molar-refractivity contribution in [2.24, 2.45) is 5.11 Å². The molecule has 17 heavy (non-hydrogen) atoms. The van der Waals surface area contributed by atoms with Gasteiger partial charge in [0.25, 0.3) is 0 Å². The van der Waals surface area contributed by atoms with Crippen molar-refractivity contribution >= 4 is 6.09 Å². The van der Waals surface area contributed by atoms with E-state index in [0.29, 0.717) is 6.54 Å². The van der Waals surface area contributed by atoms with Crippen LogP contribution in [0.4, 0.5) is 4.79 Å². The molecule has 1 unspecified atom stereocenters. The zero-order valence-corrected chi connectivity index (χ0v) is 11.3. The van der Waals surface area contributed by atoms with Crippen LogP contribution in [0.2, 0.25) is 0 Å². The van der Waals surface area contributed by atoms with Crippen molar-refractivity contribution in [2.45, 2.75) is 52.2 Å². The lowest BCUT2D eigenvalue weighted by atomic mass is 10.2. The highest BCUT2D eigenvalue weighted by Crippen LogP contribution is 2.10. The van der Waals surface area contributed by atoms with E-state index in [0.717, 1.165) is 12.8 Å². The Morgan fingerprint density at radius 2 is 2.12 bits per heavy atom. The van der Waals surface area contributed by atoms with Gasteiger partial charge in [0.1, 0.15) is 5.60 Å². The highest BCUT2D eigenvalue weighted by atomic mass is 16.6. The summed E-state index contributed by atoms with van der Waals surface area (Å²) in [7, 11) is 1.70. The molecule has 0 aliphatic heterocycles. The van der Waals surface area contributed by atoms with E-state index in [1.165, 1.54) is 4.90 Å². The van der Waals surface area contributed by atoms with Gasteiger partial charge in [0.2, 0.25) is 0 Å². The smallest absolute Gasteiger partial charge is 0.410 e. The highest BCUT2D eigenvalue weighted by molar-refractivity contribution is 5.67. The van der Waals surface area contributed by atoms with Gasteiger partial charge in [0.05, 0.1) is 0 Å². The van der Waals surface area contributed by atoms with Crippen LogP contribution < -0.4 is 0 Å². The van der Waals surface area contributed by atoms with Crippen LogP contribution in [0.1, 0.15) is 40.5 Å². The normalized spacial score (nSPS) is 12.5. The fourth-order valence-electron chi connectivity index (χ4n) is 1.20. The third-order valence-corrected chi connectivity index (χ3v) is 2.07. The summed E-state index contributed by atoms with van der Waals surface area (Å²) >= 11 is 0. The van der Waals surface area contributed by atoms with E-state index in [1.54, 1.807) is 7.05 Å². The van der Waals surface area contributed by atoms with Gasteiger partial charge in [-0.1, -0.05) is 12.0 Å². The van der Waals surface area contributed by atoms with Gasteiger partial charge in [-0.15, -0.1) is 0 Å². The van der Waals surface area contributed by atoms with Crippen molar-refractivity contribution in [3.8, 4) is 0 Å². The summed E-state index contributed by atoms with van der Waals surface area (Å²) in [5, 5.41) is 3.57. The topological polar surface area (TPSA) is 78.3 Å². The number of amides is 1. The maximum absolute atomic E-state index is 11.6. The second kappa shape index (κ2) is 7.01. The predicted molar refractivity (Wildman–Crippen MR) is 66.7 cm³/mol. The monoisotopic (exact) mass is 242 g/mol. The van der Waals surface area contributed by atoms with Gasteiger partial charge in [-0.3, -0.25) is 0 Å². The standard InChI is InChI=1S/C11H22N4O2/c1-9(13-14-12)7-6-8-15(5)10(16)17-11(2,3)4/h9H,6-8H2,1-5H3. The third-order valence-electron chi connectivity index (χ3n) is 2.07. The fraction of sp³-hybridized carbons (Fsp3) is 0.909. The average Bonchev–Trinajstić information content (AvgIpc) is 2.15. The molecule has 0 aromatic carbocycles. The first-order chi connectivity index (χ1) is 7.76. The van der Waals surface area contributed by atoms with Crippen LogP contribution in [-0.4, -0.2) is 36.2 Å². The summed E-state index contributed by atoms with van der Waals surface area (Å²) in [6.45, 7) is 7.96. The van der Waals surface area contributed by atoms with Crippen molar-refractivity contribution in [1.82, 2.24) is 4.90 Å². The van der Waals surface area contributed by atoms with E-state index in [-0.39, 0.29) is 12.1 Å². The Morgan fingerprint density at radius 1 is 1.53 bits per heavy atom. The lowest BCUT2D eigenvalue weighted by Crippen LogP contribution is -2.34. The van der Waals surface area contributed by atoms with Gasteiger partial charge in [-0.2, -0.15) is 0 Å². The van der Waals surface area contributed by atoms with E-state index in [1.807, 2.05) is 27.7 Å². The van der Waals surface area contributed by atoms with Gasteiger partial charge in [0, 0.05) is 24.5 Å². The fourth-order valence-corrected chi connectivity index (χ4v) is 1.20. The number of ether oxygens (including phenoxy) is 1. The lowest BCUT2D eigenvalue weighted by Gasteiger charge is -2.24. The summed E-state index contributed by atoms with van der Waals surface area (Å²) in [6, 6.07) is -0.0352. The average molecular weight is 242 g/mol. The third kappa shape index (κ3) is 8.39. The molecule has 6 heteroatoms. The summed E-state index contributed by atoms with van der Waals surface area (Å²) < 4.78 is 5.21. The maximum atomic E-state index is 11.6. The van der Waals surface area contributed by atoms with Crippen molar-refractivity contribution < 1.29 is 9.53 Å². The maximum Gasteiger partial charge on any atom is 0.410 e. The van der Waals surface area contributed by atoms with Crippen molar-refractivity contribution in [1.29, 1.82) is 0 Å². The van der Waals surface area contributed by atoms with Gasteiger partial charge < -0.3 is 9.64 Å². The van der Waals surface area contributed by atoms with Crippen molar-refractivity contribution in [3.05, 3.63) is 10.4 Å². The zero-order chi connectivity index (χ0) is 13.5. The van der Waals surface area contributed by atoms with Crippen LogP contribution in [0.25, 0.3) is 10.4 Å². The summed E-state index contributed by atoms with van der Waals surface area (Å²) in [6.07, 6.45) is 1.22. The molecule has 0 aliphatic carbocycles. The molecule has 0 fully saturated rings. The summed E-state index contributed by atoms with van der Waals surface area (Å²) in [5.74, 6) is 0. The molecule has 0 saturated heterocycles. The number of nitrogens with zero attached hydrogens (tertiary/aromatic N) is 4. The zero-order valence-electron chi connectivity index (χ0n) is 11.3. The first-order valence-electron chi connectivity index (χ1n) is 5.74. The number of carbonyl (C=O) groups excluding carboxylic acids is 1. The molecule has 6 nitrogen and oxygen atoms in total. The Kier molecular flexibility index (Phi) is 6.43. The predicted octanol–water partition coefficient (Wildman–Crippen LogP) is 3.33. The molecule has 0 bridgehead atoms. The lowest BCUT2D eigenvalue weighted by molar-refractivity contribution is 0.0295. The summed E-state index contributed by atoms with van der Waals surface area (Å²) in [4.78, 5) is 15.9. The largest absolute Gasteiger partial charge is 0.444 e. The van der Waals surface area contributed by atoms with Crippen LogP contribution >= 0.6 is 0 Å². The van der Waals surface area contributed by atoms with E-state index in [2.05, 4.69) is 10.0 Å². The van der Waals surface area contributed by atoms with Crippen molar-refractivity contribution in [2.75, 3.05) is 13.6 Å². The Bertz CT molecular complexity index is 292. The minimum absolute atomic E-state index is 0.0352. The number of carbonyl (C=O) groups is 1. The van der Waals surface area contributed by atoms with E-state index >= 15 is 0 Å². The van der Waals surface area contributed by atoms with Crippen LogP contribution in [0, 0.1) is 0 Å². The SMILES string of the molecule is CC(CCCN(C)C(=O)OC(C)(C)C)N=[N+]=[N-]. The molecule has 1 amide bonds. The molecule has 0 N–H and O–H groups in total. The van der Waals surface area contributed by atoms with Gasteiger partial charge in [0.15, 0.2) is 0 Å². The Balaban J connectivity index is 3.90. The number of hydrogen-bond donors (Lipinski definition) is 0. The molecule has 98 valence electrons. The molecule has 0 heterocycles. The first-order valence-corrected chi connectivity index (χ1v) is 5.74. The number of azide groups is 1. The Morgan fingerprint density at radius 3 is 2.59 bits per heavy atom. The van der Waals surface area contributed by atoms with Crippen molar-refractivity contribution in [3.63, 3.8) is 0 Å². The molecular weight excluding hydrogens is 220 g/mol. The molecule has 0 radical (unpaired) electrons. The van der Waals surface area contributed by atoms with Crippen LogP contribution in [-0.2, 0) is 4.74 Å². The van der Waals surface area contributed by atoms with E-state index < -0.39 is 5.60 Å². The van der Waals surface area contributed by atoms with E-state index in [4.69, 9.17) is 10.3 Å². The summed E-state index contributed by atoms with van der Waals surface area (Å²) in [5.41, 5.74) is 7.77. The van der Waals surface area contributed by atoms with Crippen LogP contribution in [0.3, 0.4) is 0 Å². The quantitative estimate of drug-likeness (QED) is 0.421. The highest BCUT2D eigenvalue weighted by Gasteiger charge is 2.19. The Labute approximate surface area is 103 Å². The van der Waals surface area contributed by atoms with Crippen LogP contribution in [0.15, 0.2) is 5.11 Å². The first kappa shape index (κ1) is 15.6. The minimum atomic E-state index is -0.469. The molecule has 0 spiro atoms. The second-order valence-corrected chi connectivity index (χ2v) is 5.10. The van der Waals surface area contributed by atoms with Gasteiger partial charge in [-0.25, -0.2) is 4.79 Å². The molecule has 0 saturated carbocycles. The number of rotatable bonds is 5. The van der Waals surface area contributed by atoms with Crippen LogP contribution in [0.5, 0.6) is 0 Å². The molecule has 0 aromatic heterocycles. The number of hydrogen-bond acceptors (Lipinski definition) is 3.